The monoisotopic (exact) mass is 529 g/mol. The van der Waals surface area contributed by atoms with Crippen molar-refractivity contribution in [1.29, 1.82) is 0 Å². The zero-order valence-corrected chi connectivity index (χ0v) is 22.0. The van der Waals surface area contributed by atoms with Crippen LogP contribution in [0, 0.1) is 0 Å². The molecular weight excluding hydrogens is 494 g/mol. The smallest absolute Gasteiger partial charge is 0.251 e. The summed E-state index contributed by atoms with van der Waals surface area (Å²) in [5.74, 6) is 0.282. The molecule has 2 heterocycles. The SMILES string of the molecule is C[C@@H](Nc1ncnc2[nH]c(-c3ccc(C(=O)NCCNCCCCCC(=O)NO)cc3)cc12)c1ccccc1. The van der Waals surface area contributed by atoms with E-state index in [0.717, 1.165) is 53.9 Å². The molecule has 0 aliphatic heterocycles. The van der Waals surface area contributed by atoms with E-state index in [1.54, 1.807) is 11.8 Å². The quantitative estimate of drug-likeness (QED) is 0.0817. The highest BCUT2D eigenvalue weighted by Gasteiger charge is 2.13. The first kappa shape index (κ1) is 27.7. The average Bonchev–Trinajstić information content (AvgIpc) is 3.42. The maximum absolute atomic E-state index is 12.5. The number of aromatic nitrogens is 3. The zero-order valence-electron chi connectivity index (χ0n) is 22.0. The lowest BCUT2D eigenvalue weighted by molar-refractivity contribution is -0.129. The number of hydrogen-bond donors (Lipinski definition) is 6. The molecule has 0 radical (unpaired) electrons. The first-order chi connectivity index (χ1) is 19.0. The van der Waals surface area contributed by atoms with E-state index >= 15 is 0 Å². The Bertz CT molecular complexity index is 1360. The maximum Gasteiger partial charge on any atom is 0.251 e. The van der Waals surface area contributed by atoms with Crippen molar-refractivity contribution >= 4 is 28.7 Å². The normalized spacial score (nSPS) is 11.7. The number of rotatable bonds is 14. The van der Waals surface area contributed by atoms with Gasteiger partial charge in [0, 0.05) is 36.8 Å². The molecule has 4 rings (SSSR count). The van der Waals surface area contributed by atoms with E-state index in [1.165, 1.54) is 5.56 Å². The summed E-state index contributed by atoms with van der Waals surface area (Å²) in [6.07, 6.45) is 4.43. The molecule has 204 valence electrons. The number of benzene rings is 2. The van der Waals surface area contributed by atoms with Gasteiger partial charge in [-0.1, -0.05) is 48.9 Å². The number of nitrogens with zero attached hydrogens (tertiary/aromatic N) is 2. The third-order valence-electron chi connectivity index (χ3n) is 6.51. The second-order valence-corrected chi connectivity index (χ2v) is 9.37. The number of carbonyl (C=O) groups is 2. The fraction of sp³-hybridized carbons (Fsp3) is 0.310. The predicted octanol–water partition coefficient (Wildman–Crippen LogP) is 4.18. The minimum atomic E-state index is -0.357. The number of aromatic amines is 1. The molecule has 0 spiro atoms. The largest absolute Gasteiger partial charge is 0.363 e. The van der Waals surface area contributed by atoms with E-state index in [1.807, 2.05) is 48.5 Å². The number of carbonyl (C=O) groups excluding carboxylic acids is 2. The van der Waals surface area contributed by atoms with Crippen molar-refractivity contribution < 1.29 is 14.8 Å². The summed E-state index contributed by atoms with van der Waals surface area (Å²) in [5.41, 5.74) is 5.99. The number of hydroxylamine groups is 1. The van der Waals surface area contributed by atoms with Crippen molar-refractivity contribution in [2.45, 2.75) is 38.6 Å². The Labute approximate surface area is 227 Å². The summed E-state index contributed by atoms with van der Waals surface area (Å²) in [6.45, 7) is 4.09. The van der Waals surface area contributed by atoms with E-state index in [9.17, 15) is 9.59 Å². The molecule has 6 N–H and O–H groups in total. The van der Waals surface area contributed by atoms with Gasteiger partial charge in [0.2, 0.25) is 5.91 Å². The highest BCUT2D eigenvalue weighted by Crippen LogP contribution is 2.29. The van der Waals surface area contributed by atoms with Gasteiger partial charge in [-0.15, -0.1) is 0 Å². The Balaban J connectivity index is 1.26. The van der Waals surface area contributed by atoms with Gasteiger partial charge in [-0.25, -0.2) is 15.4 Å². The van der Waals surface area contributed by atoms with Crippen LogP contribution in [0.25, 0.3) is 22.3 Å². The van der Waals surface area contributed by atoms with Gasteiger partial charge in [-0.05, 0) is 55.6 Å². The molecule has 0 saturated heterocycles. The van der Waals surface area contributed by atoms with Crippen molar-refractivity contribution in [3.63, 3.8) is 0 Å². The highest BCUT2D eigenvalue weighted by molar-refractivity contribution is 5.95. The number of nitrogens with one attached hydrogen (secondary N) is 5. The van der Waals surface area contributed by atoms with Crippen molar-refractivity contribution in [3.05, 3.63) is 78.1 Å². The van der Waals surface area contributed by atoms with Crippen molar-refractivity contribution in [3.8, 4) is 11.3 Å². The van der Waals surface area contributed by atoms with Gasteiger partial charge in [0.15, 0.2) is 0 Å². The lowest BCUT2D eigenvalue weighted by Crippen LogP contribution is -2.32. The number of H-pyrrole nitrogens is 1. The number of fused-ring (bicyclic) bond motifs is 1. The molecule has 4 aromatic rings. The second-order valence-electron chi connectivity index (χ2n) is 9.37. The van der Waals surface area contributed by atoms with E-state index in [2.05, 4.69) is 50.0 Å². The van der Waals surface area contributed by atoms with E-state index in [0.29, 0.717) is 25.1 Å². The van der Waals surface area contributed by atoms with E-state index in [4.69, 9.17) is 5.21 Å². The van der Waals surface area contributed by atoms with Crippen LogP contribution < -0.4 is 21.4 Å². The Morgan fingerprint density at radius 1 is 0.949 bits per heavy atom. The van der Waals surface area contributed by atoms with Crippen LogP contribution in [0.3, 0.4) is 0 Å². The Hall–Kier alpha value is -4.28. The number of hydrogen-bond acceptors (Lipinski definition) is 7. The van der Waals surface area contributed by atoms with Crippen LogP contribution >= 0.6 is 0 Å². The first-order valence-electron chi connectivity index (χ1n) is 13.2. The van der Waals surface area contributed by atoms with Gasteiger partial charge in [0.05, 0.1) is 5.39 Å². The van der Waals surface area contributed by atoms with E-state index in [-0.39, 0.29) is 17.9 Å². The summed E-state index contributed by atoms with van der Waals surface area (Å²) in [6, 6.07) is 19.8. The summed E-state index contributed by atoms with van der Waals surface area (Å²) < 4.78 is 0. The van der Waals surface area contributed by atoms with Crippen LogP contribution in [-0.4, -0.2) is 51.6 Å². The molecule has 2 aromatic heterocycles. The van der Waals surface area contributed by atoms with Crippen LogP contribution in [0.1, 0.15) is 54.6 Å². The molecule has 2 aromatic carbocycles. The molecule has 10 heteroatoms. The van der Waals surface area contributed by atoms with Gasteiger partial charge >= 0.3 is 0 Å². The van der Waals surface area contributed by atoms with Crippen LogP contribution in [-0.2, 0) is 4.79 Å². The fourth-order valence-electron chi connectivity index (χ4n) is 4.30. The second kappa shape index (κ2) is 14.0. The van der Waals surface area contributed by atoms with Crippen molar-refractivity contribution in [2.24, 2.45) is 0 Å². The van der Waals surface area contributed by atoms with Crippen molar-refractivity contribution in [2.75, 3.05) is 25.0 Å². The predicted molar refractivity (Wildman–Crippen MR) is 151 cm³/mol. The third kappa shape index (κ3) is 7.86. The molecule has 10 nitrogen and oxygen atoms in total. The average molecular weight is 530 g/mol. The Morgan fingerprint density at radius 2 is 1.74 bits per heavy atom. The molecule has 0 fully saturated rings. The van der Waals surface area contributed by atoms with Gasteiger partial charge in [0.25, 0.3) is 5.91 Å². The standard InChI is InChI=1S/C29H35N7O3/c1-20(21-8-4-2-5-9-21)34-27-24-18-25(35-28(24)33-19-32-27)22-11-13-23(14-12-22)29(38)31-17-16-30-15-7-3-6-10-26(37)36-39/h2,4-5,8-9,11-14,18-20,30,39H,3,6-7,10,15-17H2,1H3,(H,31,38)(H,36,37)(H2,32,33,34,35)/t20-/m1/s1. The fourth-order valence-corrected chi connectivity index (χ4v) is 4.30. The molecule has 0 aliphatic rings. The summed E-state index contributed by atoms with van der Waals surface area (Å²) in [4.78, 5) is 35.7. The molecule has 39 heavy (non-hydrogen) atoms. The van der Waals surface area contributed by atoms with E-state index < -0.39 is 0 Å². The Kier molecular flexibility index (Phi) is 9.98. The minimum Gasteiger partial charge on any atom is -0.363 e. The molecule has 2 amide bonds. The van der Waals surface area contributed by atoms with Crippen LogP contribution in [0.5, 0.6) is 0 Å². The van der Waals surface area contributed by atoms with Gasteiger partial charge < -0.3 is 20.9 Å². The lowest BCUT2D eigenvalue weighted by Gasteiger charge is -2.15. The van der Waals surface area contributed by atoms with Gasteiger partial charge in [0.1, 0.15) is 17.8 Å². The number of amides is 2. The molecule has 1 atom stereocenters. The highest BCUT2D eigenvalue weighted by atomic mass is 16.5. The van der Waals surface area contributed by atoms with Gasteiger partial charge in [-0.2, -0.15) is 0 Å². The summed E-state index contributed by atoms with van der Waals surface area (Å²) in [7, 11) is 0. The lowest BCUT2D eigenvalue weighted by atomic mass is 10.1. The van der Waals surface area contributed by atoms with Crippen LogP contribution in [0.2, 0.25) is 0 Å². The summed E-state index contributed by atoms with van der Waals surface area (Å²) in [5, 5.41) is 19.1. The van der Waals surface area contributed by atoms with Crippen LogP contribution in [0.15, 0.2) is 67.0 Å². The topological polar surface area (TPSA) is 144 Å². The molecule has 0 aliphatic carbocycles. The first-order valence-corrected chi connectivity index (χ1v) is 13.2. The third-order valence-corrected chi connectivity index (χ3v) is 6.51. The zero-order chi connectivity index (χ0) is 27.5. The number of unbranched alkanes of at least 4 members (excludes halogenated alkanes) is 2. The molecule has 0 bridgehead atoms. The number of anilines is 1. The van der Waals surface area contributed by atoms with Crippen LogP contribution in [0.4, 0.5) is 5.82 Å². The van der Waals surface area contributed by atoms with Gasteiger partial charge in [-0.3, -0.25) is 14.8 Å². The molecular formula is C29H35N7O3. The maximum atomic E-state index is 12.5. The Morgan fingerprint density at radius 3 is 2.51 bits per heavy atom. The molecule has 0 saturated carbocycles. The molecule has 0 unspecified atom stereocenters. The summed E-state index contributed by atoms with van der Waals surface area (Å²) >= 11 is 0. The minimum absolute atomic E-state index is 0.0859. The van der Waals surface area contributed by atoms with Crippen molar-refractivity contribution in [1.82, 2.24) is 31.1 Å².